The Morgan fingerprint density at radius 3 is 2.87 bits per heavy atom. The Labute approximate surface area is 87.3 Å². The van der Waals surface area contributed by atoms with Gasteiger partial charge in [-0.15, -0.1) is 10.2 Å². The molecule has 5 nitrogen and oxygen atoms in total. The van der Waals surface area contributed by atoms with E-state index < -0.39 is 0 Å². The average Bonchev–Trinajstić information content (AvgIpc) is 2.74. The van der Waals surface area contributed by atoms with Crippen molar-refractivity contribution >= 4 is 11.6 Å². The zero-order valence-corrected chi connectivity index (χ0v) is 8.18. The summed E-state index contributed by atoms with van der Waals surface area (Å²) < 4.78 is 5.19. The summed E-state index contributed by atoms with van der Waals surface area (Å²) in [7, 11) is 0. The molecule has 5 heteroatoms. The van der Waals surface area contributed by atoms with E-state index in [1.54, 1.807) is 18.4 Å². The van der Waals surface area contributed by atoms with Crippen LogP contribution < -0.4 is 11.1 Å². The first-order valence-corrected chi connectivity index (χ1v) is 4.70. The molecule has 0 spiro atoms. The Bertz CT molecular complexity index is 396. The van der Waals surface area contributed by atoms with E-state index in [9.17, 15) is 0 Å². The van der Waals surface area contributed by atoms with Crippen LogP contribution in [0.5, 0.6) is 0 Å². The molecule has 0 amide bonds. The van der Waals surface area contributed by atoms with Crippen molar-refractivity contribution in [2.75, 3.05) is 17.6 Å². The zero-order valence-electron chi connectivity index (χ0n) is 8.18. The van der Waals surface area contributed by atoms with Gasteiger partial charge in [-0.25, -0.2) is 0 Å². The van der Waals surface area contributed by atoms with E-state index >= 15 is 0 Å². The van der Waals surface area contributed by atoms with Gasteiger partial charge < -0.3 is 15.5 Å². The summed E-state index contributed by atoms with van der Waals surface area (Å²) >= 11 is 0. The van der Waals surface area contributed by atoms with Crippen molar-refractivity contribution in [3.05, 3.63) is 36.3 Å². The number of nitrogens with zero attached hydrogens (tertiary/aromatic N) is 2. The third-order valence-electron chi connectivity index (χ3n) is 1.94. The fourth-order valence-electron chi connectivity index (χ4n) is 1.21. The molecule has 15 heavy (non-hydrogen) atoms. The topological polar surface area (TPSA) is 77.0 Å². The second-order valence-electron chi connectivity index (χ2n) is 3.10. The molecule has 2 rings (SSSR count). The number of furan rings is 1. The molecule has 78 valence electrons. The third kappa shape index (κ3) is 2.70. The molecule has 2 aromatic rings. The molecule has 0 saturated carbocycles. The summed E-state index contributed by atoms with van der Waals surface area (Å²) in [5.41, 5.74) is 5.42. The fourth-order valence-corrected chi connectivity index (χ4v) is 1.21. The van der Waals surface area contributed by atoms with E-state index in [4.69, 9.17) is 10.2 Å². The van der Waals surface area contributed by atoms with Crippen molar-refractivity contribution in [3.63, 3.8) is 0 Å². The molecule has 0 aliphatic heterocycles. The summed E-state index contributed by atoms with van der Waals surface area (Å²) in [5.74, 6) is 2.09. The second kappa shape index (κ2) is 4.45. The van der Waals surface area contributed by atoms with Crippen LogP contribution in [-0.2, 0) is 6.42 Å². The van der Waals surface area contributed by atoms with Gasteiger partial charge in [0, 0.05) is 13.0 Å². The maximum atomic E-state index is 5.42. The maximum Gasteiger partial charge on any atom is 0.148 e. The smallest absolute Gasteiger partial charge is 0.148 e. The highest BCUT2D eigenvalue weighted by Gasteiger charge is 1.97. The van der Waals surface area contributed by atoms with Crippen LogP contribution in [0.4, 0.5) is 11.6 Å². The van der Waals surface area contributed by atoms with Crippen molar-refractivity contribution in [2.24, 2.45) is 0 Å². The monoisotopic (exact) mass is 204 g/mol. The zero-order chi connectivity index (χ0) is 10.5. The van der Waals surface area contributed by atoms with E-state index in [1.165, 1.54) is 0 Å². The highest BCUT2D eigenvalue weighted by Crippen LogP contribution is 2.04. The van der Waals surface area contributed by atoms with E-state index in [0.717, 1.165) is 24.5 Å². The Morgan fingerprint density at radius 1 is 1.27 bits per heavy atom. The Morgan fingerprint density at radius 2 is 2.20 bits per heavy atom. The van der Waals surface area contributed by atoms with Gasteiger partial charge >= 0.3 is 0 Å². The van der Waals surface area contributed by atoms with Crippen molar-refractivity contribution in [2.45, 2.75) is 6.42 Å². The average molecular weight is 204 g/mol. The first kappa shape index (κ1) is 9.51. The van der Waals surface area contributed by atoms with Gasteiger partial charge in [-0.05, 0) is 24.3 Å². The number of rotatable bonds is 4. The molecule has 0 bridgehead atoms. The maximum absolute atomic E-state index is 5.42. The van der Waals surface area contributed by atoms with Crippen LogP contribution in [0.15, 0.2) is 34.9 Å². The standard InChI is InChI=1S/C10H12N4O/c11-9-3-4-10(14-13-9)12-6-5-8-2-1-7-15-8/h1-4,7H,5-6H2,(H2,11,13)(H,12,14). The fraction of sp³-hybridized carbons (Fsp3) is 0.200. The minimum Gasteiger partial charge on any atom is -0.469 e. The molecule has 0 aliphatic carbocycles. The molecule has 0 fully saturated rings. The van der Waals surface area contributed by atoms with Crippen LogP contribution in [-0.4, -0.2) is 16.7 Å². The summed E-state index contributed by atoms with van der Waals surface area (Å²) in [5, 5.41) is 10.7. The Balaban J connectivity index is 1.81. The number of hydrogen-bond donors (Lipinski definition) is 2. The SMILES string of the molecule is Nc1ccc(NCCc2ccco2)nn1. The van der Waals surface area contributed by atoms with Gasteiger partial charge in [-0.1, -0.05) is 0 Å². The van der Waals surface area contributed by atoms with Gasteiger partial charge in [0.2, 0.25) is 0 Å². The van der Waals surface area contributed by atoms with Crippen LogP contribution in [0, 0.1) is 0 Å². The molecule has 0 radical (unpaired) electrons. The van der Waals surface area contributed by atoms with E-state index in [0.29, 0.717) is 5.82 Å². The largest absolute Gasteiger partial charge is 0.469 e. The van der Waals surface area contributed by atoms with E-state index in [2.05, 4.69) is 15.5 Å². The van der Waals surface area contributed by atoms with Gasteiger partial charge in [0.1, 0.15) is 17.4 Å². The van der Waals surface area contributed by atoms with Gasteiger partial charge in [-0.2, -0.15) is 0 Å². The van der Waals surface area contributed by atoms with Gasteiger partial charge in [0.15, 0.2) is 0 Å². The third-order valence-corrected chi connectivity index (χ3v) is 1.94. The molecule has 0 saturated heterocycles. The first-order chi connectivity index (χ1) is 7.34. The summed E-state index contributed by atoms with van der Waals surface area (Å²) in [6.45, 7) is 0.756. The predicted molar refractivity (Wildman–Crippen MR) is 57.3 cm³/mol. The quantitative estimate of drug-likeness (QED) is 0.785. The highest BCUT2D eigenvalue weighted by molar-refractivity contribution is 5.38. The molecule has 0 unspecified atom stereocenters. The normalized spacial score (nSPS) is 10.1. The van der Waals surface area contributed by atoms with Crippen LogP contribution in [0.1, 0.15) is 5.76 Å². The molecule has 3 N–H and O–H groups in total. The lowest BCUT2D eigenvalue weighted by Gasteiger charge is -2.02. The first-order valence-electron chi connectivity index (χ1n) is 4.70. The molecule has 2 heterocycles. The van der Waals surface area contributed by atoms with E-state index in [1.807, 2.05) is 12.1 Å². The lowest BCUT2D eigenvalue weighted by atomic mass is 10.3. The summed E-state index contributed by atoms with van der Waals surface area (Å²) in [6, 6.07) is 7.32. The molecular formula is C10H12N4O. The number of nitrogens with two attached hydrogens (primary N) is 1. The van der Waals surface area contributed by atoms with E-state index in [-0.39, 0.29) is 0 Å². The minimum atomic E-state index is 0.423. The van der Waals surface area contributed by atoms with Gasteiger partial charge in [0.25, 0.3) is 0 Å². The van der Waals surface area contributed by atoms with Crippen molar-refractivity contribution in [1.29, 1.82) is 0 Å². The predicted octanol–water partition coefficient (Wildman–Crippen LogP) is 1.31. The minimum absolute atomic E-state index is 0.423. The summed E-state index contributed by atoms with van der Waals surface area (Å²) in [4.78, 5) is 0. The number of anilines is 2. The molecule has 0 aromatic carbocycles. The number of aromatic nitrogens is 2. The second-order valence-corrected chi connectivity index (χ2v) is 3.10. The van der Waals surface area contributed by atoms with Gasteiger partial charge in [-0.3, -0.25) is 0 Å². The van der Waals surface area contributed by atoms with Crippen LogP contribution in [0.25, 0.3) is 0 Å². The Kier molecular flexibility index (Phi) is 2.82. The number of nitrogens with one attached hydrogen (secondary N) is 1. The van der Waals surface area contributed by atoms with Crippen molar-refractivity contribution in [1.82, 2.24) is 10.2 Å². The molecular weight excluding hydrogens is 192 g/mol. The number of nitrogen functional groups attached to an aromatic ring is 1. The van der Waals surface area contributed by atoms with Gasteiger partial charge in [0.05, 0.1) is 6.26 Å². The molecule has 2 aromatic heterocycles. The lowest BCUT2D eigenvalue weighted by molar-refractivity contribution is 0.513. The van der Waals surface area contributed by atoms with Crippen molar-refractivity contribution in [3.8, 4) is 0 Å². The van der Waals surface area contributed by atoms with Crippen LogP contribution in [0.3, 0.4) is 0 Å². The van der Waals surface area contributed by atoms with Crippen LogP contribution >= 0.6 is 0 Å². The summed E-state index contributed by atoms with van der Waals surface area (Å²) in [6.07, 6.45) is 2.48. The highest BCUT2D eigenvalue weighted by atomic mass is 16.3. The lowest BCUT2D eigenvalue weighted by Crippen LogP contribution is -2.06. The van der Waals surface area contributed by atoms with Crippen molar-refractivity contribution < 1.29 is 4.42 Å². The van der Waals surface area contributed by atoms with Crippen LogP contribution in [0.2, 0.25) is 0 Å². The Hall–Kier alpha value is -2.04. The molecule has 0 aliphatic rings. The molecule has 0 atom stereocenters. The number of hydrogen-bond acceptors (Lipinski definition) is 5.